The fourth-order valence-electron chi connectivity index (χ4n) is 4.19. The largest absolute Gasteiger partial charge is 0.497 e. The fourth-order valence-corrected chi connectivity index (χ4v) is 5.85. The van der Waals surface area contributed by atoms with Gasteiger partial charge in [0, 0.05) is 18.1 Å². The van der Waals surface area contributed by atoms with Crippen molar-refractivity contribution in [2.24, 2.45) is 0 Å². The predicted octanol–water partition coefficient (Wildman–Crippen LogP) is 5.19. The molecule has 0 saturated heterocycles. The van der Waals surface area contributed by atoms with Crippen LogP contribution < -0.4 is 14.4 Å². The van der Waals surface area contributed by atoms with Crippen molar-refractivity contribution in [1.82, 2.24) is 10.2 Å². The molecule has 0 bridgehead atoms. The van der Waals surface area contributed by atoms with E-state index in [1.165, 1.54) is 17.0 Å². The lowest BCUT2D eigenvalue weighted by atomic mass is 10.1. The minimum atomic E-state index is -4.16. The molecule has 214 valence electrons. The van der Waals surface area contributed by atoms with E-state index in [0.717, 1.165) is 22.7 Å². The first kappa shape index (κ1) is 31.0. The van der Waals surface area contributed by atoms with E-state index < -0.39 is 28.5 Å². The first-order valence-electron chi connectivity index (χ1n) is 13.1. The second-order valence-electron chi connectivity index (χ2n) is 9.40. The minimum absolute atomic E-state index is 0.0341. The molecule has 0 radical (unpaired) electrons. The number of amides is 2. The zero-order valence-electron chi connectivity index (χ0n) is 23.3. The van der Waals surface area contributed by atoms with Crippen LogP contribution >= 0.6 is 11.6 Å². The van der Waals surface area contributed by atoms with Gasteiger partial charge < -0.3 is 15.0 Å². The summed E-state index contributed by atoms with van der Waals surface area (Å²) >= 11 is 6.36. The predicted molar refractivity (Wildman–Crippen MR) is 158 cm³/mol. The van der Waals surface area contributed by atoms with Crippen LogP contribution in [0.4, 0.5) is 5.69 Å². The number of ether oxygens (including phenoxy) is 1. The molecule has 40 heavy (non-hydrogen) atoms. The van der Waals surface area contributed by atoms with Gasteiger partial charge in [0.1, 0.15) is 18.3 Å². The molecule has 3 aromatic carbocycles. The highest BCUT2D eigenvalue weighted by molar-refractivity contribution is 7.92. The van der Waals surface area contributed by atoms with Gasteiger partial charge >= 0.3 is 0 Å². The Kier molecular flexibility index (Phi) is 11.0. The average Bonchev–Trinajstić information content (AvgIpc) is 2.96. The van der Waals surface area contributed by atoms with Gasteiger partial charge in [0.25, 0.3) is 10.0 Å². The molecule has 1 N–H and O–H groups in total. The average molecular weight is 586 g/mol. The van der Waals surface area contributed by atoms with Crippen molar-refractivity contribution >= 4 is 39.1 Å². The molecular formula is C30H36ClN3O5S. The molecule has 0 spiro atoms. The SMILES string of the molecule is CCCCNC(=O)[C@H](C)N(Cc1cccc(OC)c1)C(=O)CN(c1cccc(Cl)c1C)S(=O)(=O)c1ccccc1. The molecule has 0 heterocycles. The molecule has 2 amide bonds. The van der Waals surface area contributed by atoms with E-state index in [4.69, 9.17) is 16.3 Å². The Balaban J connectivity index is 2.04. The Labute approximate surface area is 241 Å². The van der Waals surface area contributed by atoms with Crippen LogP contribution in [0, 0.1) is 6.92 Å². The monoisotopic (exact) mass is 585 g/mol. The molecule has 0 aliphatic rings. The topological polar surface area (TPSA) is 96.0 Å². The highest BCUT2D eigenvalue weighted by Crippen LogP contribution is 2.31. The van der Waals surface area contributed by atoms with Crippen LogP contribution in [-0.2, 0) is 26.2 Å². The number of carbonyl (C=O) groups excluding carboxylic acids is 2. The number of halogens is 1. The van der Waals surface area contributed by atoms with Crippen molar-refractivity contribution in [2.75, 3.05) is 24.5 Å². The summed E-state index contributed by atoms with van der Waals surface area (Å²) in [6.07, 6.45) is 1.71. The summed E-state index contributed by atoms with van der Waals surface area (Å²) in [5, 5.41) is 3.25. The molecule has 0 saturated carbocycles. The molecule has 0 fully saturated rings. The van der Waals surface area contributed by atoms with Crippen LogP contribution in [0.5, 0.6) is 5.75 Å². The molecule has 3 aromatic rings. The molecular weight excluding hydrogens is 550 g/mol. The van der Waals surface area contributed by atoms with Gasteiger partial charge in [-0.05, 0) is 67.8 Å². The number of hydrogen-bond donors (Lipinski definition) is 1. The maximum atomic E-state index is 14.0. The number of nitrogens with zero attached hydrogens (tertiary/aromatic N) is 2. The molecule has 8 nitrogen and oxygen atoms in total. The van der Waals surface area contributed by atoms with Crippen LogP contribution in [-0.4, -0.2) is 51.4 Å². The summed E-state index contributed by atoms with van der Waals surface area (Å²) in [4.78, 5) is 28.5. The van der Waals surface area contributed by atoms with Crippen molar-refractivity contribution in [2.45, 2.75) is 51.1 Å². The van der Waals surface area contributed by atoms with E-state index >= 15 is 0 Å². The number of hydrogen-bond acceptors (Lipinski definition) is 5. The zero-order valence-corrected chi connectivity index (χ0v) is 24.8. The second kappa shape index (κ2) is 14.2. The Hall–Kier alpha value is -3.56. The van der Waals surface area contributed by atoms with Gasteiger partial charge in [-0.25, -0.2) is 8.42 Å². The van der Waals surface area contributed by atoms with E-state index in [1.807, 2.05) is 13.0 Å². The number of unbranched alkanes of at least 4 members (excludes halogenated alkanes) is 1. The van der Waals surface area contributed by atoms with Gasteiger partial charge in [-0.2, -0.15) is 0 Å². The maximum Gasteiger partial charge on any atom is 0.264 e. The molecule has 1 atom stereocenters. The van der Waals surface area contributed by atoms with Crippen LogP contribution in [0.3, 0.4) is 0 Å². The van der Waals surface area contributed by atoms with E-state index in [1.54, 1.807) is 75.6 Å². The Morgan fingerprint density at radius 3 is 2.40 bits per heavy atom. The van der Waals surface area contributed by atoms with Crippen LogP contribution in [0.2, 0.25) is 5.02 Å². The van der Waals surface area contributed by atoms with Crippen molar-refractivity contribution in [3.05, 3.63) is 88.9 Å². The zero-order chi connectivity index (χ0) is 29.3. The summed E-state index contributed by atoms with van der Waals surface area (Å²) in [6, 6.07) is 19.1. The number of nitrogens with one attached hydrogen (secondary N) is 1. The lowest BCUT2D eigenvalue weighted by Gasteiger charge is -2.32. The first-order chi connectivity index (χ1) is 19.1. The van der Waals surface area contributed by atoms with Crippen molar-refractivity contribution in [3.63, 3.8) is 0 Å². The summed E-state index contributed by atoms with van der Waals surface area (Å²) in [5.74, 6) is -0.256. The smallest absolute Gasteiger partial charge is 0.264 e. The van der Waals surface area contributed by atoms with Crippen molar-refractivity contribution < 1.29 is 22.7 Å². The van der Waals surface area contributed by atoms with E-state index in [9.17, 15) is 18.0 Å². The highest BCUT2D eigenvalue weighted by Gasteiger charge is 2.33. The lowest BCUT2D eigenvalue weighted by Crippen LogP contribution is -2.51. The molecule has 0 aromatic heterocycles. The van der Waals surface area contributed by atoms with Gasteiger partial charge in [0.15, 0.2) is 0 Å². The number of benzene rings is 3. The first-order valence-corrected chi connectivity index (χ1v) is 14.9. The summed E-state index contributed by atoms with van der Waals surface area (Å²) in [5.41, 5.74) is 1.53. The Morgan fingerprint density at radius 1 is 1.02 bits per heavy atom. The van der Waals surface area contributed by atoms with Gasteiger partial charge in [-0.3, -0.25) is 13.9 Å². The van der Waals surface area contributed by atoms with E-state index in [2.05, 4.69) is 5.32 Å². The number of rotatable bonds is 13. The lowest BCUT2D eigenvalue weighted by molar-refractivity contribution is -0.139. The standard InChI is InChI=1S/C30H36ClN3O5S/c1-5-6-18-32-30(36)23(3)33(20-24-12-10-13-25(19-24)39-4)29(35)21-34(28-17-11-16-27(31)22(28)2)40(37,38)26-14-8-7-9-15-26/h7-17,19,23H,5-6,18,20-21H2,1-4H3,(H,32,36)/t23-/m0/s1. The number of anilines is 1. The van der Waals surface area contributed by atoms with Crippen LogP contribution in [0.15, 0.2) is 77.7 Å². The van der Waals surface area contributed by atoms with Gasteiger partial charge in [-0.1, -0.05) is 61.3 Å². The molecule has 10 heteroatoms. The summed E-state index contributed by atoms with van der Waals surface area (Å²) in [6.45, 7) is 5.39. The molecule has 0 unspecified atom stereocenters. The van der Waals surface area contributed by atoms with Gasteiger partial charge in [0.2, 0.25) is 11.8 Å². The third kappa shape index (κ3) is 7.55. The Morgan fingerprint density at radius 2 is 1.73 bits per heavy atom. The Bertz CT molecular complexity index is 1420. The fraction of sp³-hybridized carbons (Fsp3) is 0.333. The van der Waals surface area contributed by atoms with Crippen molar-refractivity contribution in [1.29, 1.82) is 0 Å². The van der Waals surface area contributed by atoms with E-state index in [0.29, 0.717) is 22.9 Å². The maximum absolute atomic E-state index is 14.0. The summed E-state index contributed by atoms with van der Waals surface area (Å²) in [7, 11) is -2.62. The van der Waals surface area contributed by atoms with Crippen LogP contribution in [0.25, 0.3) is 0 Å². The van der Waals surface area contributed by atoms with Gasteiger partial charge in [0.05, 0.1) is 17.7 Å². The number of sulfonamides is 1. The molecule has 0 aliphatic heterocycles. The highest BCUT2D eigenvalue weighted by atomic mass is 35.5. The summed E-state index contributed by atoms with van der Waals surface area (Å²) < 4.78 is 34.2. The van der Waals surface area contributed by atoms with Gasteiger partial charge in [-0.15, -0.1) is 0 Å². The van der Waals surface area contributed by atoms with Crippen LogP contribution in [0.1, 0.15) is 37.8 Å². The van der Waals surface area contributed by atoms with Crippen molar-refractivity contribution in [3.8, 4) is 5.75 Å². The third-order valence-electron chi connectivity index (χ3n) is 6.60. The number of methoxy groups -OCH3 is 1. The molecule has 3 rings (SSSR count). The van der Waals surface area contributed by atoms with E-state index in [-0.39, 0.29) is 23.0 Å². The molecule has 0 aliphatic carbocycles. The number of carbonyl (C=O) groups is 2. The quantitative estimate of drug-likeness (QED) is 0.279. The third-order valence-corrected chi connectivity index (χ3v) is 8.79. The second-order valence-corrected chi connectivity index (χ2v) is 11.7. The minimum Gasteiger partial charge on any atom is -0.497 e. The normalized spacial score (nSPS) is 11.9.